The van der Waals surface area contributed by atoms with Crippen LogP contribution < -0.4 is 5.73 Å². The number of hydrogen-bond donors (Lipinski definition) is 1. The van der Waals surface area contributed by atoms with Crippen LogP contribution in [0.3, 0.4) is 0 Å². The van der Waals surface area contributed by atoms with Crippen LogP contribution in [0.2, 0.25) is 0 Å². The molecule has 7 heteroatoms. The summed E-state index contributed by atoms with van der Waals surface area (Å²) in [5.74, 6) is 2.85. The molecule has 1 aliphatic heterocycles. The molecule has 0 atom stereocenters. The van der Waals surface area contributed by atoms with Crippen LogP contribution in [0.25, 0.3) is 0 Å². The number of nitrogens with zero attached hydrogens (tertiary/aromatic N) is 2. The minimum Gasteiger partial charge on any atom is -0.370 e. The van der Waals surface area contributed by atoms with E-state index < -0.39 is 9.84 Å². The van der Waals surface area contributed by atoms with Gasteiger partial charge in [0.25, 0.3) is 0 Å². The Hall–Kier alpha value is -1.21. The molecule has 1 saturated heterocycles. The van der Waals surface area contributed by atoms with Crippen molar-refractivity contribution in [2.75, 3.05) is 30.3 Å². The van der Waals surface area contributed by atoms with Crippen LogP contribution >= 0.6 is 11.8 Å². The highest BCUT2D eigenvalue weighted by Gasteiger charge is 2.12. The third-order valence-electron chi connectivity index (χ3n) is 3.42. The Morgan fingerprint density at radius 2 is 1.90 bits per heavy atom. The molecule has 1 aliphatic rings. The van der Waals surface area contributed by atoms with E-state index in [9.17, 15) is 8.42 Å². The smallest absolute Gasteiger partial charge is 0.191 e. The number of guanidine groups is 1. The van der Waals surface area contributed by atoms with E-state index in [1.807, 2.05) is 11.8 Å². The average Bonchev–Trinajstić information content (AvgIpc) is 2.54. The lowest BCUT2D eigenvalue weighted by Gasteiger charge is -2.27. The summed E-state index contributed by atoms with van der Waals surface area (Å²) in [6.07, 6.45) is 0. The first-order valence-corrected chi connectivity index (χ1v) is 9.78. The van der Waals surface area contributed by atoms with E-state index in [4.69, 9.17) is 5.73 Å². The Morgan fingerprint density at radius 1 is 1.29 bits per heavy atom. The lowest BCUT2D eigenvalue weighted by molar-refractivity contribution is 0.455. The fraction of sp³-hybridized carbons (Fsp3) is 0.500. The molecule has 116 valence electrons. The normalized spacial score (nSPS) is 17.0. The summed E-state index contributed by atoms with van der Waals surface area (Å²) < 4.78 is 23.5. The Bertz CT molecular complexity index is 591. The summed E-state index contributed by atoms with van der Waals surface area (Å²) in [4.78, 5) is 6.84. The van der Waals surface area contributed by atoms with Crippen molar-refractivity contribution in [3.8, 4) is 0 Å². The van der Waals surface area contributed by atoms with E-state index in [0.717, 1.165) is 30.2 Å². The maximum atomic E-state index is 11.7. The van der Waals surface area contributed by atoms with Gasteiger partial charge in [0.1, 0.15) is 0 Å². The molecular formula is C14H21N3O2S2. The molecule has 0 aromatic heterocycles. The number of nitrogens with two attached hydrogens (primary N) is 1. The molecule has 0 radical (unpaired) electrons. The molecule has 1 fully saturated rings. The number of benzene rings is 1. The van der Waals surface area contributed by atoms with Gasteiger partial charge in [-0.05, 0) is 17.7 Å². The predicted octanol–water partition coefficient (Wildman–Crippen LogP) is 1.34. The summed E-state index contributed by atoms with van der Waals surface area (Å²) in [5, 5.41) is 0. The van der Waals surface area contributed by atoms with Crippen LogP contribution in [0.5, 0.6) is 0 Å². The molecule has 21 heavy (non-hydrogen) atoms. The highest BCUT2D eigenvalue weighted by Crippen LogP contribution is 2.13. The molecule has 5 nitrogen and oxygen atoms in total. The van der Waals surface area contributed by atoms with Crippen LogP contribution in [0.1, 0.15) is 12.5 Å². The van der Waals surface area contributed by atoms with E-state index >= 15 is 0 Å². The number of sulfone groups is 1. The van der Waals surface area contributed by atoms with Crippen molar-refractivity contribution in [3.63, 3.8) is 0 Å². The molecular weight excluding hydrogens is 306 g/mol. The van der Waals surface area contributed by atoms with Gasteiger partial charge in [0, 0.05) is 24.6 Å². The van der Waals surface area contributed by atoms with Gasteiger partial charge >= 0.3 is 0 Å². The predicted molar refractivity (Wildman–Crippen MR) is 88.4 cm³/mol. The molecule has 0 spiro atoms. The van der Waals surface area contributed by atoms with E-state index in [1.165, 1.54) is 0 Å². The zero-order valence-corrected chi connectivity index (χ0v) is 13.8. The van der Waals surface area contributed by atoms with Gasteiger partial charge < -0.3 is 10.6 Å². The minimum atomic E-state index is -3.13. The molecule has 1 aromatic carbocycles. The van der Waals surface area contributed by atoms with Crippen molar-refractivity contribution in [1.29, 1.82) is 0 Å². The van der Waals surface area contributed by atoms with Crippen molar-refractivity contribution in [2.45, 2.75) is 18.4 Å². The maximum Gasteiger partial charge on any atom is 0.191 e. The van der Waals surface area contributed by atoms with Gasteiger partial charge in [-0.1, -0.05) is 19.1 Å². The van der Waals surface area contributed by atoms with Crippen molar-refractivity contribution >= 4 is 27.6 Å². The van der Waals surface area contributed by atoms with Gasteiger partial charge in [0.2, 0.25) is 0 Å². The van der Waals surface area contributed by atoms with E-state index in [1.54, 1.807) is 31.2 Å². The third-order valence-corrected chi connectivity index (χ3v) is 6.11. The van der Waals surface area contributed by atoms with Crippen LogP contribution in [-0.2, 0) is 16.4 Å². The quantitative estimate of drug-likeness (QED) is 0.667. The highest BCUT2D eigenvalue weighted by atomic mass is 32.2. The Kier molecular flexibility index (Phi) is 5.52. The summed E-state index contributed by atoms with van der Waals surface area (Å²) in [5.41, 5.74) is 6.95. The molecule has 0 bridgehead atoms. The molecule has 1 heterocycles. The fourth-order valence-corrected chi connectivity index (χ4v) is 3.82. The van der Waals surface area contributed by atoms with E-state index in [0.29, 0.717) is 17.4 Å². The highest BCUT2D eigenvalue weighted by molar-refractivity contribution is 7.99. The van der Waals surface area contributed by atoms with Crippen LogP contribution in [0, 0.1) is 0 Å². The molecule has 0 saturated carbocycles. The summed E-state index contributed by atoms with van der Waals surface area (Å²) in [6, 6.07) is 6.87. The van der Waals surface area contributed by atoms with E-state index in [-0.39, 0.29) is 5.75 Å². The summed E-state index contributed by atoms with van der Waals surface area (Å²) >= 11 is 1.93. The molecule has 0 unspecified atom stereocenters. The molecule has 2 N–H and O–H groups in total. The van der Waals surface area contributed by atoms with E-state index in [2.05, 4.69) is 9.89 Å². The monoisotopic (exact) mass is 327 g/mol. The van der Waals surface area contributed by atoms with Crippen LogP contribution in [0.4, 0.5) is 0 Å². The Morgan fingerprint density at radius 3 is 2.48 bits per heavy atom. The van der Waals surface area contributed by atoms with Gasteiger partial charge in [-0.15, -0.1) is 0 Å². The zero-order chi connectivity index (χ0) is 15.3. The SMILES string of the molecule is CCS(=O)(=O)c1ccc(CN=C(N)N2CCSCC2)cc1. The first-order valence-electron chi connectivity index (χ1n) is 6.97. The average molecular weight is 327 g/mol. The van der Waals surface area contributed by atoms with Gasteiger partial charge in [-0.3, -0.25) is 0 Å². The third kappa shape index (κ3) is 4.38. The minimum absolute atomic E-state index is 0.115. The number of hydrogen-bond acceptors (Lipinski definition) is 4. The van der Waals surface area contributed by atoms with Crippen molar-refractivity contribution in [2.24, 2.45) is 10.7 Å². The lowest BCUT2D eigenvalue weighted by Crippen LogP contribution is -2.42. The topological polar surface area (TPSA) is 75.8 Å². The number of aliphatic imine (C=N–C) groups is 1. The summed E-state index contributed by atoms with van der Waals surface area (Å²) in [6.45, 7) is 3.99. The number of rotatable bonds is 4. The number of thioether (sulfide) groups is 1. The van der Waals surface area contributed by atoms with Gasteiger partial charge in [0.15, 0.2) is 15.8 Å². The van der Waals surface area contributed by atoms with Crippen LogP contribution in [-0.4, -0.2) is 49.6 Å². The van der Waals surface area contributed by atoms with Crippen molar-refractivity contribution in [3.05, 3.63) is 29.8 Å². The summed E-state index contributed by atoms with van der Waals surface area (Å²) in [7, 11) is -3.13. The molecule has 2 rings (SSSR count). The molecule has 1 aromatic rings. The van der Waals surface area contributed by atoms with Gasteiger partial charge in [-0.2, -0.15) is 11.8 Å². The van der Waals surface area contributed by atoms with Gasteiger partial charge in [0.05, 0.1) is 17.2 Å². The Labute approximate surface area is 130 Å². The second-order valence-electron chi connectivity index (χ2n) is 4.82. The fourth-order valence-electron chi connectivity index (χ4n) is 2.03. The standard InChI is InChI=1S/C14H21N3O2S2/c1-2-21(18,19)13-5-3-12(4-6-13)11-16-14(15)17-7-9-20-10-8-17/h3-6H,2,7-11H2,1H3,(H2,15,16). The Balaban J connectivity index is 2.00. The van der Waals surface area contributed by atoms with Gasteiger partial charge in [-0.25, -0.2) is 13.4 Å². The molecule has 0 amide bonds. The van der Waals surface area contributed by atoms with Crippen molar-refractivity contribution in [1.82, 2.24) is 4.90 Å². The largest absolute Gasteiger partial charge is 0.370 e. The van der Waals surface area contributed by atoms with Crippen LogP contribution in [0.15, 0.2) is 34.2 Å². The zero-order valence-electron chi connectivity index (χ0n) is 12.2. The first-order chi connectivity index (χ1) is 10.0. The maximum absolute atomic E-state index is 11.7. The molecule has 0 aliphatic carbocycles. The lowest BCUT2D eigenvalue weighted by atomic mass is 10.2. The second-order valence-corrected chi connectivity index (χ2v) is 8.32. The first kappa shape index (κ1) is 16.2. The second kappa shape index (κ2) is 7.17. The van der Waals surface area contributed by atoms with Crippen molar-refractivity contribution < 1.29 is 8.42 Å².